The molecule has 0 bridgehead atoms. The number of benzene rings is 1. The number of hydrogen-bond acceptors (Lipinski definition) is 7. The normalized spacial score (nSPS) is 17.9. The molecule has 1 saturated heterocycles. The molecular formula is C16H14N4O2S2. The van der Waals surface area contributed by atoms with Crippen LogP contribution in [0.5, 0.6) is 5.75 Å². The van der Waals surface area contributed by atoms with Crippen LogP contribution in [0.4, 0.5) is 5.13 Å². The van der Waals surface area contributed by atoms with E-state index in [9.17, 15) is 9.90 Å². The smallest absolute Gasteiger partial charge is 0.267 e. The van der Waals surface area contributed by atoms with Crippen LogP contribution < -0.4 is 0 Å². The number of aromatic nitrogens is 2. The van der Waals surface area contributed by atoms with Gasteiger partial charge in [-0.3, -0.25) is 9.69 Å². The first-order chi connectivity index (χ1) is 11.6. The highest BCUT2D eigenvalue weighted by molar-refractivity contribution is 8.18. The van der Waals surface area contributed by atoms with E-state index in [1.165, 1.54) is 23.1 Å². The Morgan fingerprint density at radius 3 is 2.92 bits per heavy atom. The Morgan fingerprint density at radius 2 is 2.25 bits per heavy atom. The molecule has 1 fully saturated rings. The third kappa shape index (κ3) is 3.55. The van der Waals surface area contributed by atoms with E-state index in [-0.39, 0.29) is 11.7 Å². The van der Waals surface area contributed by atoms with Crippen LogP contribution >= 0.6 is 23.1 Å². The summed E-state index contributed by atoms with van der Waals surface area (Å²) in [7, 11) is 0. The van der Waals surface area contributed by atoms with Crippen molar-refractivity contribution in [3.63, 3.8) is 0 Å². The Hall–Kier alpha value is -2.45. The summed E-state index contributed by atoms with van der Waals surface area (Å²) in [5, 5.41) is 19.3. The number of aliphatic imine (C=N–C) groups is 1. The number of nitrogens with zero attached hydrogens (tertiary/aromatic N) is 4. The Balaban J connectivity index is 1.95. The number of amidine groups is 1. The summed E-state index contributed by atoms with van der Waals surface area (Å²) < 4.78 is 0. The first-order valence-electron chi connectivity index (χ1n) is 7.07. The molecular weight excluding hydrogens is 344 g/mol. The number of hydrogen-bond donors (Lipinski definition) is 1. The molecule has 8 heteroatoms. The van der Waals surface area contributed by atoms with E-state index in [2.05, 4.69) is 21.8 Å². The fraction of sp³-hybridized carbons (Fsp3) is 0.125. The second-order valence-electron chi connectivity index (χ2n) is 4.91. The summed E-state index contributed by atoms with van der Waals surface area (Å²) in [6, 6.07) is 6.73. The average molecular weight is 358 g/mol. The number of phenolic OH excluding ortho intramolecular Hbond substituents is 1. The molecule has 1 aromatic heterocycles. The highest BCUT2D eigenvalue weighted by Gasteiger charge is 2.32. The third-order valence-corrected chi connectivity index (χ3v) is 4.81. The maximum atomic E-state index is 12.6. The van der Waals surface area contributed by atoms with Crippen molar-refractivity contribution >= 4 is 45.4 Å². The van der Waals surface area contributed by atoms with Gasteiger partial charge >= 0.3 is 0 Å². The highest BCUT2D eigenvalue weighted by Crippen LogP contribution is 2.34. The van der Waals surface area contributed by atoms with Gasteiger partial charge in [0.2, 0.25) is 5.13 Å². The van der Waals surface area contributed by atoms with Gasteiger partial charge in [-0.05, 0) is 42.5 Å². The molecule has 6 nitrogen and oxygen atoms in total. The maximum absolute atomic E-state index is 12.6. The van der Waals surface area contributed by atoms with Crippen LogP contribution in [0.25, 0.3) is 6.08 Å². The van der Waals surface area contributed by atoms with Gasteiger partial charge in [-0.15, -0.1) is 16.8 Å². The van der Waals surface area contributed by atoms with Crippen molar-refractivity contribution in [3.8, 4) is 5.75 Å². The second kappa shape index (κ2) is 6.98. The molecule has 1 aliphatic rings. The van der Waals surface area contributed by atoms with Gasteiger partial charge in [-0.25, -0.2) is 0 Å². The van der Waals surface area contributed by atoms with E-state index in [4.69, 9.17) is 0 Å². The molecule has 3 rings (SSSR count). The number of rotatable bonds is 4. The molecule has 24 heavy (non-hydrogen) atoms. The van der Waals surface area contributed by atoms with E-state index in [0.717, 1.165) is 10.6 Å². The van der Waals surface area contributed by atoms with Gasteiger partial charge in [-0.2, -0.15) is 4.99 Å². The fourth-order valence-electron chi connectivity index (χ4n) is 2.06. The molecule has 1 N–H and O–H groups in total. The molecule has 0 unspecified atom stereocenters. The van der Waals surface area contributed by atoms with Crippen molar-refractivity contribution in [2.45, 2.75) is 6.92 Å². The molecule has 0 spiro atoms. The SMILES string of the molecule is C=CCN1C(=O)/C(=C/c2cccc(O)c2)S/C1=N/c1nnc(C)s1. The van der Waals surface area contributed by atoms with Crippen molar-refractivity contribution in [2.75, 3.05) is 6.54 Å². The number of amides is 1. The van der Waals surface area contributed by atoms with Gasteiger partial charge in [0, 0.05) is 6.54 Å². The lowest BCUT2D eigenvalue weighted by Gasteiger charge is -2.11. The fourth-order valence-corrected chi connectivity index (χ4v) is 3.67. The summed E-state index contributed by atoms with van der Waals surface area (Å²) in [6.07, 6.45) is 3.38. The van der Waals surface area contributed by atoms with Gasteiger partial charge in [0.1, 0.15) is 10.8 Å². The standard InChI is InChI=1S/C16H14N4O2S2/c1-3-7-20-14(22)13(9-11-5-4-6-12(21)8-11)24-16(20)17-15-19-18-10(2)23-15/h3-6,8-9,21H,1,7H2,2H3/b13-9-,17-16+. The summed E-state index contributed by atoms with van der Waals surface area (Å²) >= 11 is 2.63. The number of aromatic hydroxyl groups is 1. The monoisotopic (exact) mass is 358 g/mol. The molecule has 0 radical (unpaired) electrons. The minimum atomic E-state index is -0.150. The molecule has 1 amide bonds. The Morgan fingerprint density at radius 1 is 1.42 bits per heavy atom. The largest absolute Gasteiger partial charge is 0.508 e. The van der Waals surface area contributed by atoms with Crippen molar-refractivity contribution in [3.05, 3.63) is 52.4 Å². The Labute approximate surface area is 147 Å². The minimum Gasteiger partial charge on any atom is -0.508 e. The number of phenols is 1. The molecule has 2 aromatic rings. The van der Waals surface area contributed by atoms with Crippen LogP contribution in [0.2, 0.25) is 0 Å². The first-order valence-corrected chi connectivity index (χ1v) is 8.70. The van der Waals surface area contributed by atoms with Crippen molar-refractivity contribution in [2.24, 2.45) is 4.99 Å². The summed E-state index contributed by atoms with van der Waals surface area (Å²) in [5.41, 5.74) is 0.748. The van der Waals surface area contributed by atoms with Gasteiger partial charge < -0.3 is 5.11 Å². The molecule has 1 aromatic carbocycles. The van der Waals surface area contributed by atoms with E-state index in [0.29, 0.717) is 21.7 Å². The van der Waals surface area contributed by atoms with Gasteiger partial charge in [0.05, 0.1) is 4.91 Å². The molecule has 122 valence electrons. The van der Waals surface area contributed by atoms with Crippen molar-refractivity contribution in [1.29, 1.82) is 0 Å². The zero-order valence-electron chi connectivity index (χ0n) is 12.8. The van der Waals surface area contributed by atoms with Crippen LogP contribution in [0.15, 0.2) is 46.8 Å². The van der Waals surface area contributed by atoms with Crippen LogP contribution in [0.1, 0.15) is 10.6 Å². The molecule has 0 atom stereocenters. The molecule has 1 aliphatic heterocycles. The zero-order valence-corrected chi connectivity index (χ0v) is 14.5. The first kappa shape index (κ1) is 16.4. The van der Waals surface area contributed by atoms with Gasteiger partial charge in [0.15, 0.2) is 5.17 Å². The van der Waals surface area contributed by atoms with E-state index in [1.54, 1.807) is 35.3 Å². The van der Waals surface area contributed by atoms with Crippen LogP contribution in [-0.4, -0.2) is 37.8 Å². The predicted molar refractivity (Wildman–Crippen MR) is 97.3 cm³/mol. The number of carbonyl (C=O) groups excluding carboxylic acids is 1. The van der Waals surface area contributed by atoms with Crippen molar-refractivity contribution < 1.29 is 9.90 Å². The summed E-state index contributed by atoms with van der Waals surface area (Å²) in [4.78, 5) is 19.1. The number of carbonyl (C=O) groups is 1. The van der Waals surface area contributed by atoms with Crippen LogP contribution in [0.3, 0.4) is 0 Å². The van der Waals surface area contributed by atoms with Gasteiger partial charge in [0.25, 0.3) is 5.91 Å². The quantitative estimate of drug-likeness (QED) is 0.670. The van der Waals surface area contributed by atoms with E-state index in [1.807, 2.05) is 13.0 Å². The zero-order chi connectivity index (χ0) is 17.1. The van der Waals surface area contributed by atoms with Crippen LogP contribution in [-0.2, 0) is 4.79 Å². The van der Waals surface area contributed by atoms with Crippen LogP contribution in [0, 0.1) is 6.92 Å². The van der Waals surface area contributed by atoms with E-state index < -0.39 is 0 Å². The topological polar surface area (TPSA) is 78.7 Å². The lowest BCUT2D eigenvalue weighted by Crippen LogP contribution is -2.29. The van der Waals surface area contributed by atoms with Gasteiger partial charge in [-0.1, -0.05) is 29.5 Å². The molecule has 0 saturated carbocycles. The van der Waals surface area contributed by atoms with Crippen molar-refractivity contribution in [1.82, 2.24) is 15.1 Å². The lowest BCUT2D eigenvalue weighted by molar-refractivity contribution is -0.121. The average Bonchev–Trinajstić information content (AvgIpc) is 3.07. The summed E-state index contributed by atoms with van der Waals surface area (Å²) in [5.74, 6) is 0.00389. The predicted octanol–water partition coefficient (Wildman–Crippen LogP) is 3.34. The minimum absolute atomic E-state index is 0.150. The Bertz CT molecular complexity index is 857. The third-order valence-electron chi connectivity index (χ3n) is 3.07. The number of aryl methyl sites for hydroxylation is 1. The molecule has 0 aliphatic carbocycles. The second-order valence-corrected chi connectivity index (χ2v) is 7.08. The Kier molecular flexibility index (Phi) is 4.77. The lowest BCUT2D eigenvalue weighted by atomic mass is 10.2. The molecule has 2 heterocycles. The van der Waals surface area contributed by atoms with E-state index >= 15 is 0 Å². The number of thioether (sulfide) groups is 1. The highest BCUT2D eigenvalue weighted by atomic mass is 32.2. The summed E-state index contributed by atoms with van der Waals surface area (Å²) in [6.45, 7) is 5.90. The maximum Gasteiger partial charge on any atom is 0.267 e.